The standard InChI is InChI=1S/C18H21N3O2S/c1-19-18(24)21-20-13-15-8-9-16(17(12-15)22-2)23-11-10-14-6-4-3-5-7-14/h3-9,12-13H,10-11H2,1-2H3,(H2,19,21,24)/b20-13+. The van der Waals surface area contributed by atoms with Crippen LogP contribution in [0.25, 0.3) is 0 Å². The van der Waals surface area contributed by atoms with Crippen molar-refractivity contribution in [3.8, 4) is 11.5 Å². The fourth-order valence-corrected chi connectivity index (χ4v) is 2.08. The first-order chi connectivity index (χ1) is 11.7. The molecule has 0 aliphatic carbocycles. The second-order valence-electron chi connectivity index (χ2n) is 4.94. The summed E-state index contributed by atoms with van der Waals surface area (Å²) in [6.45, 7) is 0.589. The molecule has 0 fully saturated rings. The summed E-state index contributed by atoms with van der Waals surface area (Å²) in [4.78, 5) is 0. The van der Waals surface area contributed by atoms with E-state index in [0.29, 0.717) is 23.2 Å². The first kappa shape index (κ1) is 17.7. The van der Waals surface area contributed by atoms with Gasteiger partial charge in [0.2, 0.25) is 0 Å². The molecule has 0 heterocycles. The lowest BCUT2D eigenvalue weighted by atomic mass is 10.2. The van der Waals surface area contributed by atoms with E-state index < -0.39 is 0 Å². The van der Waals surface area contributed by atoms with E-state index in [1.165, 1.54) is 5.56 Å². The molecule has 0 radical (unpaired) electrons. The maximum absolute atomic E-state index is 5.83. The molecule has 0 aliphatic heterocycles. The van der Waals surface area contributed by atoms with Gasteiger partial charge < -0.3 is 14.8 Å². The third-order valence-electron chi connectivity index (χ3n) is 3.29. The van der Waals surface area contributed by atoms with Crippen molar-refractivity contribution in [1.82, 2.24) is 10.7 Å². The van der Waals surface area contributed by atoms with Gasteiger partial charge in [-0.25, -0.2) is 0 Å². The molecule has 5 nitrogen and oxygen atoms in total. The van der Waals surface area contributed by atoms with Gasteiger partial charge >= 0.3 is 0 Å². The molecular formula is C18H21N3O2S. The summed E-state index contributed by atoms with van der Waals surface area (Å²) in [5, 5.41) is 7.28. The van der Waals surface area contributed by atoms with E-state index in [4.69, 9.17) is 21.7 Å². The van der Waals surface area contributed by atoms with E-state index in [9.17, 15) is 0 Å². The fraction of sp³-hybridized carbons (Fsp3) is 0.222. The number of rotatable bonds is 7. The summed E-state index contributed by atoms with van der Waals surface area (Å²) in [7, 11) is 3.35. The quantitative estimate of drug-likeness (QED) is 0.460. The highest BCUT2D eigenvalue weighted by atomic mass is 32.1. The van der Waals surface area contributed by atoms with Crippen LogP contribution in [0.5, 0.6) is 11.5 Å². The van der Waals surface area contributed by atoms with E-state index in [1.54, 1.807) is 20.4 Å². The molecule has 126 valence electrons. The molecule has 24 heavy (non-hydrogen) atoms. The minimum absolute atomic E-state index is 0.457. The highest BCUT2D eigenvalue weighted by molar-refractivity contribution is 7.80. The predicted molar refractivity (Wildman–Crippen MR) is 101 cm³/mol. The molecule has 2 N–H and O–H groups in total. The Hall–Kier alpha value is -2.60. The van der Waals surface area contributed by atoms with Gasteiger partial charge in [0, 0.05) is 13.5 Å². The number of nitrogens with zero attached hydrogens (tertiary/aromatic N) is 1. The summed E-state index contributed by atoms with van der Waals surface area (Å²) < 4.78 is 11.2. The number of thiocarbonyl (C=S) groups is 1. The van der Waals surface area contributed by atoms with Gasteiger partial charge in [-0.3, -0.25) is 5.43 Å². The number of hydrogen-bond acceptors (Lipinski definition) is 4. The van der Waals surface area contributed by atoms with E-state index in [-0.39, 0.29) is 0 Å². The molecule has 0 saturated carbocycles. The summed E-state index contributed by atoms with van der Waals surface area (Å²) in [6.07, 6.45) is 2.51. The van der Waals surface area contributed by atoms with Gasteiger partial charge in [0.05, 0.1) is 19.9 Å². The van der Waals surface area contributed by atoms with Crippen molar-refractivity contribution in [3.05, 3.63) is 59.7 Å². The highest BCUT2D eigenvalue weighted by Gasteiger charge is 2.05. The zero-order chi connectivity index (χ0) is 17.2. The van der Waals surface area contributed by atoms with E-state index in [2.05, 4.69) is 28.0 Å². The van der Waals surface area contributed by atoms with Gasteiger partial charge in [0.25, 0.3) is 0 Å². The fourth-order valence-electron chi connectivity index (χ4n) is 2.03. The summed E-state index contributed by atoms with van der Waals surface area (Å²) in [6, 6.07) is 15.9. The molecule has 0 amide bonds. The molecule has 2 rings (SSSR count). The average molecular weight is 343 g/mol. The normalized spacial score (nSPS) is 10.4. The van der Waals surface area contributed by atoms with Crippen LogP contribution in [0.1, 0.15) is 11.1 Å². The van der Waals surface area contributed by atoms with Crippen LogP contribution in [0, 0.1) is 0 Å². The monoisotopic (exact) mass is 343 g/mol. The first-order valence-electron chi connectivity index (χ1n) is 7.58. The lowest BCUT2D eigenvalue weighted by Crippen LogP contribution is -2.28. The van der Waals surface area contributed by atoms with Crippen LogP contribution in [-0.2, 0) is 6.42 Å². The van der Waals surface area contributed by atoms with Crippen LogP contribution in [0.2, 0.25) is 0 Å². The lowest BCUT2D eigenvalue weighted by molar-refractivity contribution is 0.297. The van der Waals surface area contributed by atoms with Crippen LogP contribution >= 0.6 is 12.2 Å². The largest absolute Gasteiger partial charge is 0.493 e. The van der Waals surface area contributed by atoms with Gasteiger partial charge in [0.15, 0.2) is 16.6 Å². The van der Waals surface area contributed by atoms with Crippen molar-refractivity contribution in [2.45, 2.75) is 6.42 Å². The smallest absolute Gasteiger partial charge is 0.186 e. The van der Waals surface area contributed by atoms with Crippen molar-refractivity contribution in [1.29, 1.82) is 0 Å². The Morgan fingerprint density at radius 1 is 1.17 bits per heavy atom. The third kappa shape index (κ3) is 5.55. The molecular weight excluding hydrogens is 322 g/mol. The predicted octanol–water partition coefficient (Wildman–Crippen LogP) is 2.74. The van der Waals surface area contributed by atoms with Crippen molar-refractivity contribution < 1.29 is 9.47 Å². The SMILES string of the molecule is CNC(=S)N/N=C/c1ccc(OCCc2ccccc2)c(OC)c1. The zero-order valence-corrected chi connectivity index (χ0v) is 14.6. The Balaban J connectivity index is 1.94. The van der Waals surface area contributed by atoms with Crippen LogP contribution in [0.4, 0.5) is 0 Å². The molecule has 0 aliphatic rings. The van der Waals surface area contributed by atoms with Crippen molar-refractivity contribution in [2.24, 2.45) is 5.10 Å². The summed E-state index contributed by atoms with van der Waals surface area (Å²) in [5.41, 5.74) is 4.83. The van der Waals surface area contributed by atoms with Crippen LogP contribution in [-0.4, -0.2) is 32.1 Å². The van der Waals surface area contributed by atoms with Gasteiger partial charge in [-0.1, -0.05) is 30.3 Å². The second kappa shape index (κ2) is 9.52. The van der Waals surface area contributed by atoms with Crippen LogP contribution < -0.4 is 20.2 Å². The van der Waals surface area contributed by atoms with Crippen molar-refractivity contribution >= 4 is 23.5 Å². The van der Waals surface area contributed by atoms with Crippen molar-refractivity contribution in [2.75, 3.05) is 20.8 Å². The van der Waals surface area contributed by atoms with Gasteiger partial charge in [-0.15, -0.1) is 0 Å². The van der Waals surface area contributed by atoms with E-state index in [0.717, 1.165) is 12.0 Å². The van der Waals surface area contributed by atoms with E-state index in [1.807, 2.05) is 36.4 Å². The number of hydrazone groups is 1. The number of methoxy groups -OCH3 is 1. The average Bonchev–Trinajstić information content (AvgIpc) is 2.63. The molecule has 0 saturated heterocycles. The minimum Gasteiger partial charge on any atom is -0.493 e. The lowest BCUT2D eigenvalue weighted by Gasteiger charge is -2.11. The van der Waals surface area contributed by atoms with Crippen molar-refractivity contribution in [3.63, 3.8) is 0 Å². The van der Waals surface area contributed by atoms with Crippen LogP contribution in [0.3, 0.4) is 0 Å². The summed E-state index contributed by atoms with van der Waals surface area (Å²) >= 11 is 4.95. The minimum atomic E-state index is 0.457. The van der Waals surface area contributed by atoms with E-state index >= 15 is 0 Å². The number of hydrogen-bond donors (Lipinski definition) is 2. The number of ether oxygens (including phenoxy) is 2. The number of benzene rings is 2. The molecule has 0 spiro atoms. The third-order valence-corrected chi connectivity index (χ3v) is 3.58. The molecule has 0 bridgehead atoms. The van der Waals surface area contributed by atoms with Gasteiger partial charge in [-0.05, 0) is 41.5 Å². The molecule has 0 atom stereocenters. The Morgan fingerprint density at radius 2 is 1.96 bits per heavy atom. The molecule has 6 heteroatoms. The molecule has 2 aromatic carbocycles. The second-order valence-corrected chi connectivity index (χ2v) is 5.35. The number of nitrogens with one attached hydrogen (secondary N) is 2. The first-order valence-corrected chi connectivity index (χ1v) is 7.99. The maximum atomic E-state index is 5.83. The maximum Gasteiger partial charge on any atom is 0.186 e. The Bertz CT molecular complexity index is 690. The van der Waals surface area contributed by atoms with Gasteiger partial charge in [-0.2, -0.15) is 5.10 Å². The summed E-state index contributed by atoms with van der Waals surface area (Å²) in [5.74, 6) is 1.38. The molecule has 2 aromatic rings. The highest BCUT2D eigenvalue weighted by Crippen LogP contribution is 2.27. The molecule has 0 aromatic heterocycles. The Kier molecular flexibility index (Phi) is 7.04. The topological polar surface area (TPSA) is 54.9 Å². The zero-order valence-electron chi connectivity index (χ0n) is 13.8. The Morgan fingerprint density at radius 3 is 2.67 bits per heavy atom. The van der Waals surface area contributed by atoms with Crippen LogP contribution in [0.15, 0.2) is 53.6 Å². The molecule has 0 unspecified atom stereocenters. The van der Waals surface area contributed by atoms with Gasteiger partial charge in [0.1, 0.15) is 0 Å². The Labute approximate surface area is 147 Å².